The molecular weight excluding hydrogens is 574 g/mol. The van der Waals surface area contributed by atoms with Crippen LogP contribution in [0, 0.1) is 28.6 Å². The Balaban J connectivity index is 1.34. The first kappa shape index (κ1) is 31.7. The number of fused-ring (bicyclic) bond motifs is 3. The number of carbonyl (C=O) groups is 5. The van der Waals surface area contributed by atoms with Crippen LogP contribution in [0.4, 0.5) is 4.79 Å². The van der Waals surface area contributed by atoms with Gasteiger partial charge in [0.2, 0.25) is 17.6 Å². The van der Waals surface area contributed by atoms with Crippen LogP contribution >= 0.6 is 0 Å². The van der Waals surface area contributed by atoms with Crippen LogP contribution in [0.1, 0.15) is 85.0 Å². The number of Topliss-reactive ketones (excluding diaryl/α,β-unsaturated/α-hetero) is 1. The molecule has 240 valence electrons. The molecule has 0 radical (unpaired) electrons. The first-order valence-electron chi connectivity index (χ1n) is 15.7. The zero-order valence-corrected chi connectivity index (χ0v) is 26.6. The van der Waals surface area contributed by atoms with Gasteiger partial charge >= 0.3 is 6.03 Å². The SMILES string of the molecule is CC(C)(C)[C@H](NC(=O)NC1(CS(C)(=O)=O)CCCCC1)C(=O)N1CC2[C@@H]([C@H]1C(=O)NC(CC1CC1)C(=O)C(N)=O)C21CC1. The van der Waals surface area contributed by atoms with Crippen molar-refractivity contribution in [1.82, 2.24) is 20.9 Å². The minimum Gasteiger partial charge on any atom is -0.363 e. The van der Waals surface area contributed by atoms with Crippen LogP contribution in [-0.2, 0) is 29.0 Å². The molecule has 1 aliphatic heterocycles. The molecule has 0 aromatic rings. The highest BCUT2D eigenvalue weighted by atomic mass is 32.2. The molecule has 13 heteroatoms. The number of rotatable bonds is 11. The van der Waals surface area contributed by atoms with Crippen LogP contribution in [0.2, 0.25) is 0 Å². The number of nitrogens with zero attached hydrogens (tertiary/aromatic N) is 1. The Labute approximate surface area is 253 Å². The van der Waals surface area contributed by atoms with Gasteiger partial charge in [-0.15, -0.1) is 0 Å². The summed E-state index contributed by atoms with van der Waals surface area (Å²) in [6.07, 6.45) is 8.96. The number of urea groups is 1. The van der Waals surface area contributed by atoms with E-state index in [0.29, 0.717) is 25.8 Å². The minimum atomic E-state index is -3.38. The Kier molecular flexibility index (Phi) is 8.13. The highest BCUT2D eigenvalue weighted by Gasteiger charge is 2.79. The quantitative estimate of drug-likeness (QED) is 0.248. The van der Waals surface area contributed by atoms with E-state index in [1.54, 1.807) is 4.90 Å². The van der Waals surface area contributed by atoms with E-state index in [-0.39, 0.29) is 28.9 Å². The van der Waals surface area contributed by atoms with Gasteiger partial charge < -0.3 is 26.6 Å². The van der Waals surface area contributed by atoms with Crippen molar-refractivity contribution in [3.05, 3.63) is 0 Å². The molecule has 43 heavy (non-hydrogen) atoms. The topological polar surface area (TPSA) is 185 Å². The van der Waals surface area contributed by atoms with E-state index in [4.69, 9.17) is 5.73 Å². The van der Waals surface area contributed by atoms with Gasteiger partial charge in [0.05, 0.1) is 17.3 Å². The first-order chi connectivity index (χ1) is 20.0. The van der Waals surface area contributed by atoms with Gasteiger partial charge in [-0.05, 0) is 60.7 Å². The average molecular weight is 622 g/mol. The molecule has 0 bridgehead atoms. The van der Waals surface area contributed by atoms with Gasteiger partial charge in [-0.1, -0.05) is 52.9 Å². The van der Waals surface area contributed by atoms with Crippen LogP contribution in [0.3, 0.4) is 0 Å². The number of nitrogens with two attached hydrogens (primary N) is 1. The molecule has 5 aliphatic rings. The van der Waals surface area contributed by atoms with Crippen LogP contribution < -0.4 is 21.7 Å². The van der Waals surface area contributed by atoms with Gasteiger partial charge in [0.25, 0.3) is 5.91 Å². The fourth-order valence-electron chi connectivity index (χ4n) is 7.95. The summed E-state index contributed by atoms with van der Waals surface area (Å²) < 4.78 is 24.5. The van der Waals surface area contributed by atoms with Crippen molar-refractivity contribution < 1.29 is 32.4 Å². The normalized spacial score (nSPS) is 28.3. The lowest BCUT2D eigenvalue weighted by Crippen LogP contribution is -2.63. The lowest BCUT2D eigenvalue weighted by molar-refractivity contribution is -0.144. The maximum atomic E-state index is 14.2. The molecule has 1 heterocycles. The standard InChI is InChI=1S/C30H47N5O7S/c1-28(2,3)23(33-27(40)34-29(16-43(4,41)42)10-6-5-7-11-29)26(39)35-15-18-20(30(18)12-13-30)21(35)25(38)32-19(14-17-8-9-17)22(36)24(31)37/h17-21,23H,5-16H2,1-4H3,(H2,31,37)(H,32,38)(H2,33,34,40)/t18?,19?,20-,21-,23+/m0/s1. The van der Waals surface area contributed by atoms with Gasteiger partial charge in [-0.25, -0.2) is 13.2 Å². The van der Waals surface area contributed by atoms with Crippen molar-refractivity contribution in [3.63, 3.8) is 0 Å². The highest BCUT2D eigenvalue weighted by Crippen LogP contribution is 2.78. The number of primary amides is 1. The fourth-order valence-corrected chi connectivity index (χ4v) is 9.31. The lowest BCUT2D eigenvalue weighted by atomic mass is 9.83. The Morgan fingerprint density at radius 2 is 1.60 bits per heavy atom. The number of carbonyl (C=O) groups excluding carboxylic acids is 5. The lowest BCUT2D eigenvalue weighted by Gasteiger charge is -2.40. The smallest absolute Gasteiger partial charge is 0.315 e. The van der Waals surface area contributed by atoms with Crippen LogP contribution in [-0.4, -0.2) is 85.1 Å². The second-order valence-corrected chi connectivity index (χ2v) is 17.2. The molecule has 4 aliphatic carbocycles. The van der Waals surface area contributed by atoms with E-state index in [0.717, 1.165) is 51.2 Å². The summed E-state index contributed by atoms with van der Waals surface area (Å²) >= 11 is 0. The molecule has 12 nitrogen and oxygen atoms in total. The molecule has 0 aromatic carbocycles. The second-order valence-electron chi connectivity index (χ2n) is 15.1. The molecule has 5 N–H and O–H groups in total. The summed E-state index contributed by atoms with van der Waals surface area (Å²) in [4.78, 5) is 67.3. The summed E-state index contributed by atoms with van der Waals surface area (Å²) in [5.74, 6) is -2.56. The molecule has 1 saturated heterocycles. The summed E-state index contributed by atoms with van der Waals surface area (Å²) in [5, 5.41) is 8.54. The average Bonchev–Trinajstić information content (AvgIpc) is 3.85. The van der Waals surface area contributed by atoms with Crippen molar-refractivity contribution in [2.45, 2.75) is 109 Å². The maximum absolute atomic E-state index is 14.2. The van der Waals surface area contributed by atoms with E-state index >= 15 is 0 Å². The van der Waals surface area contributed by atoms with Gasteiger partial charge in [0.15, 0.2) is 0 Å². The Morgan fingerprint density at radius 1 is 0.977 bits per heavy atom. The number of nitrogens with one attached hydrogen (secondary N) is 3. The van der Waals surface area contributed by atoms with E-state index in [1.165, 1.54) is 0 Å². The zero-order chi connectivity index (χ0) is 31.5. The number of hydrogen-bond acceptors (Lipinski definition) is 7. The molecule has 2 unspecified atom stereocenters. The van der Waals surface area contributed by atoms with Gasteiger partial charge in [-0.3, -0.25) is 19.2 Å². The van der Waals surface area contributed by atoms with Crippen LogP contribution in [0.5, 0.6) is 0 Å². The Morgan fingerprint density at radius 3 is 2.12 bits per heavy atom. The zero-order valence-electron chi connectivity index (χ0n) is 25.7. The molecule has 1 spiro atoms. The summed E-state index contributed by atoms with van der Waals surface area (Å²) in [7, 11) is -3.38. The molecule has 4 saturated carbocycles. The molecule has 5 fully saturated rings. The van der Waals surface area contributed by atoms with Crippen molar-refractivity contribution in [1.29, 1.82) is 0 Å². The summed E-state index contributed by atoms with van der Waals surface area (Å²) in [5.41, 5.74) is 3.71. The molecular formula is C30H47N5O7S. The van der Waals surface area contributed by atoms with E-state index in [2.05, 4.69) is 16.0 Å². The first-order valence-corrected chi connectivity index (χ1v) is 17.7. The second kappa shape index (κ2) is 11.0. The van der Waals surface area contributed by atoms with Gasteiger partial charge in [0.1, 0.15) is 21.9 Å². The largest absolute Gasteiger partial charge is 0.363 e. The summed E-state index contributed by atoms with van der Waals surface area (Å²) in [6, 6.07) is -3.44. The third-order valence-electron chi connectivity index (χ3n) is 10.4. The number of likely N-dealkylation sites (tertiary alicyclic amines) is 1. The van der Waals surface area contributed by atoms with E-state index in [9.17, 15) is 32.4 Å². The maximum Gasteiger partial charge on any atom is 0.315 e. The van der Waals surface area contributed by atoms with Crippen molar-refractivity contribution in [3.8, 4) is 0 Å². The van der Waals surface area contributed by atoms with Crippen LogP contribution in [0.15, 0.2) is 0 Å². The molecule has 5 rings (SSSR count). The van der Waals surface area contributed by atoms with Gasteiger partial charge in [0, 0.05) is 12.8 Å². The van der Waals surface area contributed by atoms with Crippen molar-refractivity contribution in [2.24, 2.45) is 34.3 Å². The van der Waals surface area contributed by atoms with Crippen LogP contribution in [0.25, 0.3) is 0 Å². The number of ketones is 1. The number of sulfone groups is 1. The number of amides is 5. The molecule has 0 aromatic heterocycles. The predicted octanol–water partition coefficient (Wildman–Crippen LogP) is 1.02. The third kappa shape index (κ3) is 6.71. The van der Waals surface area contributed by atoms with Crippen molar-refractivity contribution in [2.75, 3.05) is 18.6 Å². The summed E-state index contributed by atoms with van der Waals surface area (Å²) in [6.45, 7) is 5.86. The van der Waals surface area contributed by atoms with Crippen molar-refractivity contribution >= 4 is 39.4 Å². The van der Waals surface area contributed by atoms with E-state index < -0.39 is 68.5 Å². The van der Waals surface area contributed by atoms with E-state index in [1.807, 2.05) is 20.8 Å². The fraction of sp³-hybridized carbons (Fsp3) is 0.833. The highest BCUT2D eigenvalue weighted by molar-refractivity contribution is 7.90. The Bertz CT molecular complexity index is 1290. The minimum absolute atomic E-state index is 0.0311. The molecule has 5 amide bonds. The predicted molar refractivity (Wildman–Crippen MR) is 158 cm³/mol. The monoisotopic (exact) mass is 621 g/mol. The molecule has 5 atom stereocenters. The number of hydrogen-bond donors (Lipinski definition) is 4. The Hall–Kier alpha value is -2.70. The third-order valence-corrected chi connectivity index (χ3v) is 11.5. The van der Waals surface area contributed by atoms with Gasteiger partial charge in [-0.2, -0.15) is 0 Å². The number of piperidine rings is 1.